The number of hydrogen-bond donors (Lipinski definition) is 0. The van der Waals surface area contributed by atoms with Gasteiger partial charge in [0, 0.05) is 26.3 Å². The first-order chi connectivity index (χ1) is 16.0. The molecule has 0 saturated carbocycles. The molecule has 1 amide bonds. The van der Waals surface area contributed by atoms with Crippen LogP contribution in [-0.4, -0.2) is 49.8 Å². The van der Waals surface area contributed by atoms with Crippen molar-refractivity contribution in [3.8, 4) is 0 Å². The number of carbonyl (C=O) groups is 1. The third kappa shape index (κ3) is 4.58. The number of benzene rings is 2. The molecule has 0 radical (unpaired) electrons. The van der Waals surface area contributed by atoms with Gasteiger partial charge in [0.05, 0.1) is 18.1 Å². The zero-order valence-electron chi connectivity index (χ0n) is 19.5. The Hall–Kier alpha value is -2.24. The van der Waals surface area contributed by atoms with E-state index >= 15 is 0 Å². The molecule has 0 bridgehead atoms. The van der Waals surface area contributed by atoms with Crippen molar-refractivity contribution in [2.45, 2.75) is 57.0 Å². The highest BCUT2D eigenvalue weighted by Gasteiger charge is 2.48. The molecule has 5 rings (SSSR count). The van der Waals surface area contributed by atoms with Crippen molar-refractivity contribution < 1.29 is 18.7 Å². The third-order valence-electron chi connectivity index (χ3n) is 8.08. The summed E-state index contributed by atoms with van der Waals surface area (Å²) in [7, 11) is 0. The molecular weight excluding hydrogens is 417 g/mol. The van der Waals surface area contributed by atoms with Gasteiger partial charge in [-0.3, -0.25) is 4.79 Å². The molecule has 1 spiro atoms. The number of carbonyl (C=O) groups excluding carboxylic acids is 1. The summed E-state index contributed by atoms with van der Waals surface area (Å²) in [4.78, 5) is 16.0. The van der Waals surface area contributed by atoms with Crippen molar-refractivity contribution in [1.29, 1.82) is 0 Å². The summed E-state index contributed by atoms with van der Waals surface area (Å²) in [5, 5.41) is 0. The standard InChI is InChI=1S/C28H34FNO3/c1-21-4-2-6-23(16-21)28(10-14-32-15-11-28)26(31)30-12-8-27(9-13-30)19-25(33-20-27)18-22-5-3-7-24(29)17-22/h2-7,16-17,25H,8-15,18-20H2,1H3/t25-/m1/s1. The second-order valence-electron chi connectivity index (χ2n) is 10.3. The second-order valence-corrected chi connectivity index (χ2v) is 10.3. The van der Waals surface area contributed by atoms with Crippen molar-refractivity contribution in [3.63, 3.8) is 0 Å². The number of hydrogen-bond acceptors (Lipinski definition) is 3. The molecule has 5 heteroatoms. The van der Waals surface area contributed by atoms with Gasteiger partial charge >= 0.3 is 0 Å². The summed E-state index contributed by atoms with van der Waals surface area (Å²) >= 11 is 0. The Morgan fingerprint density at radius 3 is 2.55 bits per heavy atom. The average molecular weight is 452 g/mol. The van der Waals surface area contributed by atoms with E-state index < -0.39 is 5.41 Å². The highest BCUT2D eigenvalue weighted by Crippen LogP contribution is 2.44. The quantitative estimate of drug-likeness (QED) is 0.669. The minimum Gasteiger partial charge on any atom is -0.381 e. The van der Waals surface area contributed by atoms with Crippen molar-refractivity contribution in [2.75, 3.05) is 32.9 Å². The lowest BCUT2D eigenvalue weighted by atomic mass is 9.71. The highest BCUT2D eigenvalue weighted by atomic mass is 19.1. The maximum absolute atomic E-state index is 13.9. The average Bonchev–Trinajstić information content (AvgIpc) is 3.21. The maximum Gasteiger partial charge on any atom is 0.233 e. The van der Waals surface area contributed by atoms with Gasteiger partial charge in [-0.1, -0.05) is 42.0 Å². The molecule has 0 unspecified atom stereocenters. The molecule has 3 saturated heterocycles. The molecule has 2 aromatic carbocycles. The molecule has 33 heavy (non-hydrogen) atoms. The van der Waals surface area contributed by atoms with Gasteiger partial charge in [0.1, 0.15) is 5.82 Å². The van der Waals surface area contributed by atoms with E-state index in [1.807, 2.05) is 6.07 Å². The lowest BCUT2D eigenvalue weighted by Crippen LogP contribution is -2.53. The fourth-order valence-electron chi connectivity index (χ4n) is 6.08. The zero-order valence-corrected chi connectivity index (χ0v) is 19.5. The van der Waals surface area contributed by atoms with Crippen LogP contribution >= 0.6 is 0 Å². The molecule has 0 N–H and O–H groups in total. The van der Waals surface area contributed by atoms with Crippen LogP contribution in [-0.2, 0) is 26.1 Å². The van der Waals surface area contributed by atoms with Gasteiger partial charge < -0.3 is 14.4 Å². The minimum absolute atomic E-state index is 0.128. The first-order valence-electron chi connectivity index (χ1n) is 12.3. The van der Waals surface area contributed by atoms with Crippen molar-refractivity contribution in [2.24, 2.45) is 5.41 Å². The molecule has 3 fully saturated rings. The number of aryl methyl sites for hydroxylation is 1. The summed E-state index contributed by atoms with van der Waals surface area (Å²) < 4.78 is 25.4. The van der Waals surface area contributed by atoms with Gasteiger partial charge in [0.25, 0.3) is 0 Å². The number of halogens is 1. The van der Waals surface area contributed by atoms with Crippen LogP contribution in [0.5, 0.6) is 0 Å². The monoisotopic (exact) mass is 451 g/mol. The molecule has 4 nitrogen and oxygen atoms in total. The number of ether oxygens (including phenoxy) is 2. The molecule has 3 aliphatic heterocycles. The molecular formula is C28H34FNO3. The highest BCUT2D eigenvalue weighted by molar-refractivity contribution is 5.88. The van der Waals surface area contributed by atoms with Gasteiger partial charge in [-0.15, -0.1) is 0 Å². The van der Waals surface area contributed by atoms with E-state index in [1.165, 1.54) is 11.6 Å². The third-order valence-corrected chi connectivity index (χ3v) is 8.08. The van der Waals surface area contributed by atoms with Gasteiger partial charge in [-0.25, -0.2) is 4.39 Å². The molecule has 3 heterocycles. The summed E-state index contributed by atoms with van der Waals surface area (Å²) in [6.45, 7) is 5.66. The minimum atomic E-state index is -0.471. The first kappa shape index (κ1) is 22.5. The molecule has 0 aliphatic carbocycles. The van der Waals surface area contributed by atoms with Crippen LogP contribution in [0.3, 0.4) is 0 Å². The van der Waals surface area contributed by atoms with Crippen LogP contribution < -0.4 is 0 Å². The predicted octanol–water partition coefficient (Wildman–Crippen LogP) is 4.82. The number of piperidine rings is 1. The van der Waals surface area contributed by atoms with Crippen LogP contribution in [0, 0.1) is 18.2 Å². The first-order valence-corrected chi connectivity index (χ1v) is 12.3. The lowest BCUT2D eigenvalue weighted by Gasteiger charge is -2.44. The van der Waals surface area contributed by atoms with E-state index in [-0.39, 0.29) is 23.2 Å². The van der Waals surface area contributed by atoms with E-state index in [0.29, 0.717) is 13.2 Å². The summed E-state index contributed by atoms with van der Waals surface area (Å²) in [5.74, 6) is 0.0733. The number of rotatable bonds is 4. The fourth-order valence-corrected chi connectivity index (χ4v) is 6.08. The largest absolute Gasteiger partial charge is 0.381 e. The van der Waals surface area contributed by atoms with Crippen molar-refractivity contribution in [1.82, 2.24) is 4.90 Å². The van der Waals surface area contributed by atoms with Crippen LogP contribution in [0.4, 0.5) is 4.39 Å². The van der Waals surface area contributed by atoms with E-state index in [9.17, 15) is 9.18 Å². The molecule has 176 valence electrons. The number of likely N-dealkylation sites (tertiary alicyclic amines) is 1. The van der Waals surface area contributed by atoms with Crippen LogP contribution in [0.1, 0.15) is 48.8 Å². The number of amides is 1. The van der Waals surface area contributed by atoms with Gasteiger partial charge in [0.2, 0.25) is 5.91 Å². The van der Waals surface area contributed by atoms with E-state index in [4.69, 9.17) is 9.47 Å². The van der Waals surface area contributed by atoms with Gasteiger partial charge in [-0.2, -0.15) is 0 Å². The normalized spacial score (nSPS) is 24.2. The molecule has 0 aromatic heterocycles. The molecule has 2 aromatic rings. The SMILES string of the molecule is Cc1cccc(C2(C(=O)N3CCC4(CC3)CO[C@H](Cc3cccc(F)c3)C4)CCOCC2)c1. The Labute approximate surface area is 196 Å². The Kier molecular flexibility index (Phi) is 6.28. The van der Waals surface area contributed by atoms with Gasteiger partial charge in [-0.05, 0) is 74.1 Å². The topological polar surface area (TPSA) is 38.8 Å². The van der Waals surface area contributed by atoms with Crippen LogP contribution in [0.15, 0.2) is 48.5 Å². The van der Waals surface area contributed by atoms with E-state index in [0.717, 1.165) is 69.3 Å². The predicted molar refractivity (Wildman–Crippen MR) is 126 cm³/mol. The fraction of sp³-hybridized carbons (Fsp3) is 0.536. The summed E-state index contributed by atoms with van der Waals surface area (Å²) in [6, 6.07) is 15.3. The smallest absolute Gasteiger partial charge is 0.233 e. The molecule has 1 atom stereocenters. The van der Waals surface area contributed by atoms with E-state index in [1.54, 1.807) is 12.1 Å². The lowest BCUT2D eigenvalue weighted by molar-refractivity contribution is -0.143. The van der Waals surface area contributed by atoms with Gasteiger partial charge in [0.15, 0.2) is 0 Å². The summed E-state index contributed by atoms with van der Waals surface area (Å²) in [6.07, 6.45) is 5.30. The Morgan fingerprint density at radius 1 is 1.06 bits per heavy atom. The zero-order chi connectivity index (χ0) is 22.9. The Bertz CT molecular complexity index is 992. The van der Waals surface area contributed by atoms with E-state index in [2.05, 4.69) is 36.1 Å². The number of nitrogens with zero attached hydrogens (tertiary/aromatic N) is 1. The van der Waals surface area contributed by atoms with Crippen LogP contribution in [0.2, 0.25) is 0 Å². The van der Waals surface area contributed by atoms with Crippen LogP contribution in [0.25, 0.3) is 0 Å². The van der Waals surface area contributed by atoms with Crippen molar-refractivity contribution in [3.05, 3.63) is 71.0 Å². The molecule has 3 aliphatic rings. The summed E-state index contributed by atoms with van der Waals surface area (Å²) in [5.41, 5.74) is 2.98. The Balaban J connectivity index is 1.25. The Morgan fingerprint density at radius 2 is 1.82 bits per heavy atom. The second kappa shape index (κ2) is 9.19. The van der Waals surface area contributed by atoms with Crippen molar-refractivity contribution >= 4 is 5.91 Å². The maximum atomic E-state index is 13.9.